The monoisotopic (exact) mass is 243 g/mol. The lowest BCUT2D eigenvalue weighted by molar-refractivity contribution is -0.214. The van der Waals surface area contributed by atoms with Crippen molar-refractivity contribution in [1.29, 1.82) is 0 Å². The number of halogens is 3. The van der Waals surface area contributed by atoms with Crippen LogP contribution in [0.2, 0.25) is 0 Å². The summed E-state index contributed by atoms with van der Waals surface area (Å²) in [6, 6.07) is 0. The number of nitrogens with two attached hydrogens (primary N) is 1. The largest absolute Gasteiger partial charge is 0.414 e. The van der Waals surface area contributed by atoms with Crippen molar-refractivity contribution in [2.75, 3.05) is 13.2 Å². The minimum absolute atomic E-state index is 0.000370. The second kappa shape index (κ2) is 6.42. The van der Waals surface area contributed by atoms with Gasteiger partial charge in [-0.25, -0.2) is 0 Å². The minimum Gasteiger partial charge on any atom is -0.394 e. The molecule has 0 aromatic carbocycles. The van der Waals surface area contributed by atoms with Gasteiger partial charge in [-0.15, -0.1) is 0 Å². The van der Waals surface area contributed by atoms with Gasteiger partial charge in [0.25, 0.3) is 0 Å². The summed E-state index contributed by atoms with van der Waals surface area (Å²) in [5, 5.41) is 8.98. The molecule has 0 amide bonds. The van der Waals surface area contributed by atoms with Gasteiger partial charge in [0, 0.05) is 12.1 Å². The van der Waals surface area contributed by atoms with Crippen molar-refractivity contribution >= 4 is 0 Å². The summed E-state index contributed by atoms with van der Waals surface area (Å²) in [5.74, 6) is 0. The Balaban J connectivity index is 3.76. The fraction of sp³-hybridized carbons (Fsp3) is 1.00. The standard InChI is InChI=1S/C10H20F3NO2/c1-3-9(14,7-15)5-4-6-16-8(2)10(11,12)13/h8,15H,3-7,14H2,1-2H3. The molecule has 0 fully saturated rings. The van der Waals surface area contributed by atoms with E-state index in [1.165, 1.54) is 0 Å². The Kier molecular flexibility index (Phi) is 6.28. The molecule has 0 radical (unpaired) electrons. The Hall–Kier alpha value is -0.330. The predicted octanol–water partition coefficient (Wildman–Crippen LogP) is 1.83. The number of rotatable bonds is 7. The highest BCUT2D eigenvalue weighted by atomic mass is 19.4. The van der Waals surface area contributed by atoms with Crippen molar-refractivity contribution in [2.45, 2.75) is 50.9 Å². The summed E-state index contributed by atoms with van der Waals surface area (Å²) < 4.78 is 40.8. The SMILES string of the molecule is CCC(N)(CO)CCCOC(C)C(F)(F)F. The van der Waals surface area contributed by atoms with E-state index in [9.17, 15) is 13.2 Å². The zero-order chi connectivity index (χ0) is 12.8. The molecule has 0 aliphatic carbocycles. The Morgan fingerprint density at radius 1 is 1.38 bits per heavy atom. The van der Waals surface area contributed by atoms with Gasteiger partial charge >= 0.3 is 6.18 Å². The van der Waals surface area contributed by atoms with Crippen LogP contribution in [0.1, 0.15) is 33.1 Å². The summed E-state index contributed by atoms with van der Waals surface area (Å²) in [5.41, 5.74) is 5.07. The maximum absolute atomic E-state index is 12.1. The van der Waals surface area contributed by atoms with Crippen molar-refractivity contribution in [3.63, 3.8) is 0 Å². The molecule has 0 saturated carbocycles. The fourth-order valence-corrected chi connectivity index (χ4v) is 1.15. The third-order valence-electron chi connectivity index (χ3n) is 2.67. The average Bonchev–Trinajstić information content (AvgIpc) is 2.22. The van der Waals surface area contributed by atoms with E-state index in [0.29, 0.717) is 19.3 Å². The first kappa shape index (κ1) is 15.7. The van der Waals surface area contributed by atoms with Gasteiger partial charge in [-0.1, -0.05) is 6.92 Å². The lowest BCUT2D eigenvalue weighted by atomic mass is 9.93. The van der Waals surface area contributed by atoms with Crippen molar-refractivity contribution in [3.05, 3.63) is 0 Å². The fourth-order valence-electron chi connectivity index (χ4n) is 1.15. The van der Waals surface area contributed by atoms with E-state index in [-0.39, 0.29) is 13.2 Å². The number of hydrogen-bond donors (Lipinski definition) is 2. The van der Waals surface area contributed by atoms with Crippen LogP contribution in [-0.2, 0) is 4.74 Å². The van der Waals surface area contributed by atoms with E-state index < -0.39 is 17.8 Å². The van der Waals surface area contributed by atoms with Crippen LogP contribution in [0.5, 0.6) is 0 Å². The smallest absolute Gasteiger partial charge is 0.394 e. The molecule has 0 aliphatic rings. The van der Waals surface area contributed by atoms with E-state index in [2.05, 4.69) is 4.74 Å². The highest BCUT2D eigenvalue weighted by Crippen LogP contribution is 2.22. The number of ether oxygens (including phenoxy) is 1. The minimum atomic E-state index is -4.32. The van der Waals surface area contributed by atoms with Crippen LogP contribution >= 0.6 is 0 Å². The molecular weight excluding hydrogens is 223 g/mol. The predicted molar refractivity (Wildman–Crippen MR) is 55.0 cm³/mol. The van der Waals surface area contributed by atoms with Gasteiger partial charge in [0.15, 0.2) is 6.10 Å². The number of aliphatic hydroxyl groups is 1. The van der Waals surface area contributed by atoms with Gasteiger partial charge in [0.2, 0.25) is 0 Å². The molecule has 3 nitrogen and oxygen atoms in total. The van der Waals surface area contributed by atoms with Crippen LogP contribution in [0, 0.1) is 0 Å². The van der Waals surface area contributed by atoms with Gasteiger partial charge in [-0.3, -0.25) is 0 Å². The molecule has 3 N–H and O–H groups in total. The maximum Gasteiger partial charge on any atom is 0.414 e. The molecular formula is C10H20F3NO2. The van der Waals surface area contributed by atoms with Crippen molar-refractivity contribution in [3.8, 4) is 0 Å². The number of hydrogen-bond acceptors (Lipinski definition) is 3. The summed E-state index contributed by atoms with van der Waals surface area (Å²) in [6.45, 7) is 2.63. The van der Waals surface area contributed by atoms with Gasteiger partial charge < -0.3 is 15.6 Å². The van der Waals surface area contributed by atoms with Gasteiger partial charge in [0.1, 0.15) is 0 Å². The molecule has 0 heterocycles. The molecule has 6 heteroatoms. The molecule has 2 atom stereocenters. The number of alkyl halides is 3. The highest BCUT2D eigenvalue weighted by Gasteiger charge is 2.36. The van der Waals surface area contributed by atoms with Crippen LogP contribution in [-0.4, -0.2) is 36.1 Å². The quantitative estimate of drug-likeness (QED) is 0.671. The zero-order valence-corrected chi connectivity index (χ0v) is 9.68. The first-order valence-corrected chi connectivity index (χ1v) is 5.33. The lowest BCUT2D eigenvalue weighted by Gasteiger charge is -2.25. The molecule has 2 unspecified atom stereocenters. The molecule has 0 saturated heterocycles. The second-order valence-corrected chi connectivity index (χ2v) is 4.03. The van der Waals surface area contributed by atoms with Gasteiger partial charge in [-0.05, 0) is 26.2 Å². The Morgan fingerprint density at radius 2 is 1.94 bits per heavy atom. The average molecular weight is 243 g/mol. The first-order valence-electron chi connectivity index (χ1n) is 5.33. The van der Waals surface area contributed by atoms with Crippen molar-refractivity contribution in [1.82, 2.24) is 0 Å². The van der Waals surface area contributed by atoms with Crippen LogP contribution in [0.15, 0.2) is 0 Å². The highest BCUT2D eigenvalue weighted by molar-refractivity contribution is 4.81. The van der Waals surface area contributed by atoms with Crippen molar-refractivity contribution < 1.29 is 23.0 Å². The first-order chi connectivity index (χ1) is 7.25. The van der Waals surface area contributed by atoms with Gasteiger partial charge in [0.05, 0.1) is 6.61 Å². The summed E-state index contributed by atoms with van der Waals surface area (Å²) in [7, 11) is 0. The molecule has 0 spiro atoms. The summed E-state index contributed by atoms with van der Waals surface area (Å²) >= 11 is 0. The van der Waals surface area contributed by atoms with E-state index >= 15 is 0 Å². The van der Waals surface area contributed by atoms with Crippen LogP contribution in [0.3, 0.4) is 0 Å². The molecule has 0 rings (SSSR count). The molecule has 0 aromatic heterocycles. The van der Waals surface area contributed by atoms with Gasteiger partial charge in [-0.2, -0.15) is 13.2 Å². The zero-order valence-electron chi connectivity index (χ0n) is 9.68. The molecule has 98 valence electrons. The Bertz CT molecular complexity index is 193. The van der Waals surface area contributed by atoms with E-state index in [4.69, 9.17) is 10.8 Å². The molecule has 0 aliphatic heterocycles. The lowest BCUT2D eigenvalue weighted by Crippen LogP contribution is -2.43. The van der Waals surface area contributed by atoms with E-state index in [1.807, 2.05) is 6.92 Å². The van der Waals surface area contributed by atoms with Crippen LogP contribution in [0.4, 0.5) is 13.2 Å². The third-order valence-corrected chi connectivity index (χ3v) is 2.67. The Labute approximate surface area is 93.8 Å². The van der Waals surface area contributed by atoms with E-state index in [0.717, 1.165) is 6.92 Å². The third kappa shape index (κ3) is 5.67. The second-order valence-electron chi connectivity index (χ2n) is 4.03. The number of aliphatic hydroxyl groups excluding tert-OH is 1. The molecule has 0 aromatic rings. The maximum atomic E-state index is 12.1. The molecule has 16 heavy (non-hydrogen) atoms. The Morgan fingerprint density at radius 3 is 2.31 bits per heavy atom. The van der Waals surface area contributed by atoms with Crippen LogP contribution in [0.25, 0.3) is 0 Å². The summed E-state index contributed by atoms with van der Waals surface area (Å²) in [6.07, 6.45) is -4.63. The topological polar surface area (TPSA) is 55.5 Å². The molecule has 0 bridgehead atoms. The normalized spacial score (nSPS) is 18.2. The summed E-state index contributed by atoms with van der Waals surface area (Å²) in [4.78, 5) is 0. The van der Waals surface area contributed by atoms with Crippen molar-refractivity contribution in [2.24, 2.45) is 5.73 Å². The van der Waals surface area contributed by atoms with E-state index in [1.54, 1.807) is 0 Å². The van der Waals surface area contributed by atoms with Crippen LogP contribution < -0.4 is 5.73 Å².